The van der Waals surface area contributed by atoms with Gasteiger partial charge in [-0.15, -0.1) is 0 Å². The lowest BCUT2D eigenvalue weighted by Crippen LogP contribution is -2.26. The number of hydrogen-bond acceptors (Lipinski definition) is 4. The van der Waals surface area contributed by atoms with Crippen LogP contribution < -0.4 is 10.1 Å². The SMILES string of the molecule is Cc1cc(C(C)(C)C)ccc1OC(=O)CCNC(=O)c1ccco1. The van der Waals surface area contributed by atoms with Crippen LogP contribution in [0, 0.1) is 6.92 Å². The van der Waals surface area contributed by atoms with Gasteiger partial charge in [-0.25, -0.2) is 0 Å². The van der Waals surface area contributed by atoms with E-state index in [0.717, 1.165) is 5.56 Å². The molecule has 0 aliphatic heterocycles. The van der Waals surface area contributed by atoms with E-state index in [1.165, 1.54) is 11.8 Å². The van der Waals surface area contributed by atoms with Crippen LogP contribution in [0.4, 0.5) is 0 Å². The molecule has 1 N–H and O–H groups in total. The second kappa shape index (κ2) is 7.34. The van der Waals surface area contributed by atoms with Gasteiger partial charge in [-0.2, -0.15) is 0 Å². The topological polar surface area (TPSA) is 68.5 Å². The summed E-state index contributed by atoms with van der Waals surface area (Å²) in [7, 11) is 0. The summed E-state index contributed by atoms with van der Waals surface area (Å²) in [5.41, 5.74) is 2.14. The predicted octanol–water partition coefficient (Wildman–Crippen LogP) is 3.61. The minimum Gasteiger partial charge on any atom is -0.459 e. The van der Waals surface area contributed by atoms with Crippen molar-refractivity contribution in [3.05, 3.63) is 53.5 Å². The Morgan fingerprint density at radius 2 is 1.96 bits per heavy atom. The smallest absolute Gasteiger partial charge is 0.312 e. The van der Waals surface area contributed by atoms with Crippen LogP contribution in [-0.4, -0.2) is 18.4 Å². The number of hydrogen-bond donors (Lipinski definition) is 1. The van der Waals surface area contributed by atoms with Gasteiger partial charge in [-0.3, -0.25) is 9.59 Å². The zero-order chi connectivity index (χ0) is 17.7. The van der Waals surface area contributed by atoms with Gasteiger partial charge < -0.3 is 14.5 Å². The molecule has 128 valence electrons. The molecule has 0 spiro atoms. The van der Waals surface area contributed by atoms with E-state index in [9.17, 15) is 9.59 Å². The number of carbonyl (C=O) groups is 2. The number of ether oxygens (including phenoxy) is 1. The van der Waals surface area contributed by atoms with Gasteiger partial charge in [0, 0.05) is 6.54 Å². The molecule has 0 unspecified atom stereocenters. The molecule has 0 fully saturated rings. The molecule has 5 nitrogen and oxygen atoms in total. The Kier molecular flexibility index (Phi) is 5.44. The number of amides is 1. The molecule has 0 saturated carbocycles. The Hall–Kier alpha value is -2.56. The third kappa shape index (κ3) is 4.72. The minimum absolute atomic E-state index is 0.0451. The molecule has 2 aromatic rings. The van der Waals surface area contributed by atoms with Crippen LogP contribution in [0.1, 0.15) is 48.9 Å². The molecular formula is C19H23NO4. The molecule has 0 aliphatic carbocycles. The second-order valence-electron chi connectivity index (χ2n) is 6.69. The summed E-state index contributed by atoms with van der Waals surface area (Å²) in [6.07, 6.45) is 1.51. The van der Waals surface area contributed by atoms with E-state index in [1.807, 2.05) is 25.1 Å². The van der Waals surface area contributed by atoms with E-state index in [1.54, 1.807) is 12.1 Å². The Bertz CT molecular complexity index is 711. The quantitative estimate of drug-likeness (QED) is 0.672. The van der Waals surface area contributed by atoms with Crippen molar-refractivity contribution in [2.45, 2.75) is 39.5 Å². The van der Waals surface area contributed by atoms with Crippen LogP contribution in [0.2, 0.25) is 0 Å². The van der Waals surface area contributed by atoms with E-state index in [0.29, 0.717) is 5.75 Å². The van der Waals surface area contributed by atoms with Crippen LogP contribution in [0.15, 0.2) is 41.0 Å². The van der Waals surface area contributed by atoms with Crippen molar-refractivity contribution in [1.82, 2.24) is 5.32 Å². The fraction of sp³-hybridized carbons (Fsp3) is 0.368. The van der Waals surface area contributed by atoms with Gasteiger partial charge in [0.2, 0.25) is 0 Å². The summed E-state index contributed by atoms with van der Waals surface area (Å²) >= 11 is 0. The van der Waals surface area contributed by atoms with E-state index in [4.69, 9.17) is 9.15 Å². The molecule has 0 atom stereocenters. The van der Waals surface area contributed by atoms with E-state index in [-0.39, 0.29) is 36.0 Å². The molecule has 1 aromatic carbocycles. The summed E-state index contributed by atoms with van der Waals surface area (Å²) in [5.74, 6) is 0.0298. The van der Waals surface area contributed by atoms with Gasteiger partial charge >= 0.3 is 5.97 Å². The van der Waals surface area contributed by atoms with Crippen molar-refractivity contribution in [2.24, 2.45) is 0 Å². The fourth-order valence-electron chi connectivity index (χ4n) is 2.18. The van der Waals surface area contributed by atoms with Gasteiger partial charge in [0.15, 0.2) is 5.76 Å². The molecule has 1 aromatic heterocycles. The normalized spacial score (nSPS) is 11.2. The molecule has 1 heterocycles. The van der Waals surface area contributed by atoms with Gasteiger partial charge in [-0.05, 0) is 41.7 Å². The highest BCUT2D eigenvalue weighted by Crippen LogP contribution is 2.27. The summed E-state index contributed by atoms with van der Waals surface area (Å²) in [6.45, 7) is 8.51. The van der Waals surface area contributed by atoms with Crippen molar-refractivity contribution in [3.63, 3.8) is 0 Å². The predicted molar refractivity (Wildman–Crippen MR) is 91.2 cm³/mol. The second-order valence-corrected chi connectivity index (χ2v) is 6.69. The molecule has 0 radical (unpaired) electrons. The van der Waals surface area contributed by atoms with Crippen LogP contribution in [0.25, 0.3) is 0 Å². The van der Waals surface area contributed by atoms with Crippen LogP contribution in [0.3, 0.4) is 0 Å². The summed E-state index contributed by atoms with van der Waals surface area (Å²) in [5, 5.41) is 2.61. The first-order chi connectivity index (χ1) is 11.3. The summed E-state index contributed by atoms with van der Waals surface area (Å²) in [4.78, 5) is 23.6. The fourth-order valence-corrected chi connectivity index (χ4v) is 2.18. The lowest BCUT2D eigenvalue weighted by molar-refractivity contribution is -0.134. The van der Waals surface area contributed by atoms with Crippen molar-refractivity contribution in [1.29, 1.82) is 0 Å². The van der Waals surface area contributed by atoms with Crippen LogP contribution in [-0.2, 0) is 10.2 Å². The van der Waals surface area contributed by atoms with Gasteiger partial charge in [0.05, 0.1) is 12.7 Å². The van der Waals surface area contributed by atoms with Gasteiger partial charge in [0.25, 0.3) is 5.91 Å². The highest BCUT2D eigenvalue weighted by atomic mass is 16.5. The van der Waals surface area contributed by atoms with Crippen molar-refractivity contribution >= 4 is 11.9 Å². The number of rotatable bonds is 5. The molecule has 0 bridgehead atoms. The maximum absolute atomic E-state index is 11.9. The van der Waals surface area contributed by atoms with Crippen LogP contribution in [0.5, 0.6) is 5.75 Å². The maximum atomic E-state index is 11.9. The maximum Gasteiger partial charge on any atom is 0.312 e. The Labute approximate surface area is 142 Å². The minimum atomic E-state index is -0.388. The van der Waals surface area contributed by atoms with Crippen LogP contribution >= 0.6 is 0 Å². The Morgan fingerprint density at radius 3 is 2.54 bits per heavy atom. The number of carbonyl (C=O) groups excluding carboxylic acids is 2. The Morgan fingerprint density at radius 1 is 1.21 bits per heavy atom. The molecule has 5 heteroatoms. The number of esters is 1. The third-order valence-corrected chi connectivity index (χ3v) is 3.62. The van der Waals surface area contributed by atoms with Crippen molar-refractivity contribution < 1.29 is 18.7 Å². The zero-order valence-electron chi connectivity index (χ0n) is 14.5. The first-order valence-corrected chi connectivity index (χ1v) is 7.91. The molecule has 24 heavy (non-hydrogen) atoms. The molecule has 0 saturated heterocycles. The summed E-state index contributed by atoms with van der Waals surface area (Å²) < 4.78 is 10.3. The molecular weight excluding hydrogens is 306 g/mol. The van der Waals surface area contributed by atoms with Gasteiger partial charge in [-0.1, -0.05) is 32.9 Å². The summed E-state index contributed by atoms with van der Waals surface area (Å²) in [6, 6.07) is 9.01. The highest BCUT2D eigenvalue weighted by molar-refractivity contribution is 5.91. The Balaban J connectivity index is 1.85. The van der Waals surface area contributed by atoms with Crippen molar-refractivity contribution in [2.75, 3.05) is 6.54 Å². The highest BCUT2D eigenvalue weighted by Gasteiger charge is 2.16. The van der Waals surface area contributed by atoms with E-state index in [2.05, 4.69) is 26.1 Å². The van der Waals surface area contributed by atoms with E-state index >= 15 is 0 Å². The third-order valence-electron chi connectivity index (χ3n) is 3.62. The first kappa shape index (κ1) is 17.8. The lowest BCUT2D eigenvalue weighted by Gasteiger charge is -2.20. The van der Waals surface area contributed by atoms with Gasteiger partial charge in [0.1, 0.15) is 5.75 Å². The molecule has 0 aliphatic rings. The average Bonchev–Trinajstić information content (AvgIpc) is 3.02. The molecule has 2 rings (SSSR count). The number of aryl methyl sites for hydroxylation is 1. The van der Waals surface area contributed by atoms with Crippen molar-refractivity contribution in [3.8, 4) is 5.75 Å². The largest absolute Gasteiger partial charge is 0.459 e. The molecule has 1 amide bonds. The zero-order valence-corrected chi connectivity index (χ0v) is 14.5. The van der Waals surface area contributed by atoms with E-state index < -0.39 is 0 Å². The first-order valence-electron chi connectivity index (χ1n) is 7.91. The lowest BCUT2D eigenvalue weighted by atomic mass is 9.86. The number of furan rings is 1. The monoisotopic (exact) mass is 329 g/mol. The number of nitrogens with one attached hydrogen (secondary N) is 1. The number of benzene rings is 1. The average molecular weight is 329 g/mol. The standard InChI is InChI=1S/C19H23NO4/c1-13-12-14(19(2,3)4)7-8-15(13)24-17(21)9-10-20-18(22)16-6-5-11-23-16/h5-8,11-12H,9-10H2,1-4H3,(H,20,22).